The van der Waals surface area contributed by atoms with Gasteiger partial charge in [0, 0.05) is 67.6 Å². The quantitative estimate of drug-likeness (QED) is 0.283. The monoisotopic (exact) mass is 492 g/mol. The van der Waals surface area contributed by atoms with Crippen molar-refractivity contribution in [3.63, 3.8) is 0 Å². The summed E-state index contributed by atoms with van der Waals surface area (Å²) in [6.45, 7) is 7.53. The smallest absolute Gasteiger partial charge is 0.0532 e. The second kappa shape index (κ2) is 10.8. The molecule has 1 fully saturated rings. The lowest BCUT2D eigenvalue weighted by atomic mass is 9.81. The van der Waals surface area contributed by atoms with E-state index in [1.807, 2.05) is 18.5 Å². The Morgan fingerprint density at radius 2 is 1.76 bits per heavy atom. The molecule has 1 aliphatic carbocycles. The molecule has 6 rings (SSSR count). The second-order valence-corrected chi connectivity index (χ2v) is 11.3. The van der Waals surface area contributed by atoms with Crippen LogP contribution in [0.1, 0.15) is 67.7 Å². The molecule has 2 aromatic heterocycles. The van der Waals surface area contributed by atoms with Gasteiger partial charge < -0.3 is 9.47 Å². The number of aromatic nitrogens is 2. The Labute approximate surface area is 221 Å². The largest absolute Gasteiger partial charge is 0.336 e. The molecule has 3 heterocycles. The van der Waals surface area contributed by atoms with Crippen molar-refractivity contribution in [1.82, 2.24) is 19.4 Å². The van der Waals surface area contributed by atoms with Gasteiger partial charge in [0.1, 0.15) is 0 Å². The first-order chi connectivity index (χ1) is 18.2. The first-order valence-corrected chi connectivity index (χ1v) is 14.2. The Bertz CT molecular complexity index is 1340. The predicted molar refractivity (Wildman–Crippen MR) is 154 cm³/mol. The van der Waals surface area contributed by atoms with Crippen LogP contribution in [0.2, 0.25) is 0 Å². The lowest BCUT2D eigenvalue weighted by Crippen LogP contribution is -2.37. The Morgan fingerprint density at radius 1 is 0.946 bits per heavy atom. The maximum Gasteiger partial charge on any atom is 0.0532 e. The average Bonchev–Trinajstić information content (AvgIpc) is 3.27. The SMILES string of the molecule is CC1CN(CCN(C)Cc2cccnc2)Cc2ccccc2-c2c(C3CCCCC3)c3ccccc3n21. The van der Waals surface area contributed by atoms with Crippen LogP contribution in [0.3, 0.4) is 0 Å². The fourth-order valence-corrected chi connectivity index (χ4v) is 6.84. The number of para-hydroxylation sites is 1. The van der Waals surface area contributed by atoms with Crippen molar-refractivity contribution in [2.75, 3.05) is 26.7 Å². The fraction of sp³-hybridized carbons (Fsp3) is 0.424. The third-order valence-corrected chi connectivity index (χ3v) is 8.57. The highest BCUT2D eigenvalue weighted by Gasteiger charge is 2.31. The molecule has 1 aliphatic heterocycles. The highest BCUT2D eigenvalue weighted by molar-refractivity contribution is 5.93. The van der Waals surface area contributed by atoms with Gasteiger partial charge in [-0.3, -0.25) is 9.88 Å². The average molecular weight is 493 g/mol. The number of rotatable bonds is 6. The lowest BCUT2D eigenvalue weighted by Gasteiger charge is -2.34. The van der Waals surface area contributed by atoms with E-state index in [4.69, 9.17) is 0 Å². The summed E-state index contributed by atoms with van der Waals surface area (Å²) in [6.07, 6.45) is 10.6. The molecule has 1 unspecified atom stereocenters. The van der Waals surface area contributed by atoms with E-state index in [1.165, 1.54) is 65.4 Å². The molecule has 2 aliphatic rings. The number of benzene rings is 2. The Balaban J connectivity index is 1.35. The van der Waals surface area contributed by atoms with Gasteiger partial charge in [-0.05, 0) is 61.6 Å². The van der Waals surface area contributed by atoms with Gasteiger partial charge in [-0.15, -0.1) is 0 Å². The van der Waals surface area contributed by atoms with Crippen LogP contribution >= 0.6 is 0 Å². The van der Waals surface area contributed by atoms with E-state index >= 15 is 0 Å². The minimum atomic E-state index is 0.411. The van der Waals surface area contributed by atoms with Crippen molar-refractivity contribution in [2.24, 2.45) is 0 Å². The van der Waals surface area contributed by atoms with Crippen LogP contribution in [0.4, 0.5) is 0 Å². The molecule has 4 nitrogen and oxygen atoms in total. The summed E-state index contributed by atoms with van der Waals surface area (Å²) >= 11 is 0. The molecule has 0 radical (unpaired) electrons. The molecule has 0 N–H and O–H groups in total. The third kappa shape index (κ3) is 4.97. The molecule has 0 amide bonds. The van der Waals surface area contributed by atoms with Gasteiger partial charge >= 0.3 is 0 Å². The van der Waals surface area contributed by atoms with Crippen LogP contribution < -0.4 is 0 Å². The molecule has 4 aromatic rings. The summed E-state index contributed by atoms with van der Waals surface area (Å²) in [5.41, 5.74) is 8.72. The molecule has 4 heteroatoms. The molecular weight excluding hydrogens is 452 g/mol. The van der Waals surface area contributed by atoms with Crippen molar-refractivity contribution in [1.29, 1.82) is 0 Å². The van der Waals surface area contributed by atoms with Gasteiger partial charge in [-0.2, -0.15) is 0 Å². The summed E-state index contributed by atoms with van der Waals surface area (Å²) in [4.78, 5) is 9.38. The van der Waals surface area contributed by atoms with Crippen molar-refractivity contribution >= 4 is 10.9 Å². The minimum absolute atomic E-state index is 0.411. The number of hydrogen-bond donors (Lipinski definition) is 0. The zero-order valence-corrected chi connectivity index (χ0v) is 22.4. The van der Waals surface area contributed by atoms with Crippen LogP contribution in [0, 0.1) is 0 Å². The molecule has 0 spiro atoms. The topological polar surface area (TPSA) is 24.3 Å². The van der Waals surface area contributed by atoms with E-state index in [1.54, 1.807) is 5.56 Å². The fourth-order valence-electron chi connectivity index (χ4n) is 6.84. The first kappa shape index (κ1) is 24.4. The van der Waals surface area contributed by atoms with E-state index in [-0.39, 0.29) is 0 Å². The number of likely N-dealkylation sites (N-methyl/N-ethyl adjacent to an activating group) is 1. The summed E-state index contributed by atoms with van der Waals surface area (Å²) in [5, 5.41) is 1.48. The van der Waals surface area contributed by atoms with Crippen LogP contribution in [0.15, 0.2) is 73.1 Å². The van der Waals surface area contributed by atoms with E-state index < -0.39 is 0 Å². The van der Waals surface area contributed by atoms with Crippen LogP contribution in [0.5, 0.6) is 0 Å². The molecular formula is C33H40N4. The number of fused-ring (bicyclic) bond motifs is 5. The van der Waals surface area contributed by atoms with Crippen molar-refractivity contribution in [3.8, 4) is 11.3 Å². The standard InChI is InChI=1S/C33H40N4/c1-25-22-36(20-19-35(2)23-26-11-10-18-34-21-26)24-28-14-6-7-15-29(28)33-32(27-12-4-3-5-13-27)30-16-8-9-17-31(30)37(25)33/h6-11,14-18,21,25,27H,3-5,12-13,19-20,22-24H2,1-2H3. The maximum absolute atomic E-state index is 4.29. The van der Waals surface area contributed by atoms with Gasteiger partial charge in [-0.1, -0.05) is 67.8 Å². The van der Waals surface area contributed by atoms with Crippen molar-refractivity contribution < 1.29 is 0 Å². The molecule has 2 aromatic carbocycles. The molecule has 0 bridgehead atoms. The van der Waals surface area contributed by atoms with Gasteiger partial charge in [0.05, 0.1) is 5.69 Å². The summed E-state index contributed by atoms with van der Waals surface area (Å²) in [5.74, 6) is 0.673. The van der Waals surface area contributed by atoms with E-state index in [9.17, 15) is 0 Å². The zero-order chi connectivity index (χ0) is 25.2. The Morgan fingerprint density at radius 3 is 2.59 bits per heavy atom. The lowest BCUT2D eigenvalue weighted by molar-refractivity contribution is 0.194. The predicted octanol–water partition coefficient (Wildman–Crippen LogP) is 7.26. The van der Waals surface area contributed by atoms with Crippen LogP contribution in [0.25, 0.3) is 22.2 Å². The Hall–Kier alpha value is -2.95. The van der Waals surface area contributed by atoms with E-state index in [2.05, 4.69) is 87.9 Å². The van der Waals surface area contributed by atoms with Crippen LogP contribution in [-0.2, 0) is 13.1 Å². The zero-order valence-electron chi connectivity index (χ0n) is 22.4. The number of nitrogens with zero attached hydrogens (tertiary/aromatic N) is 4. The Kier molecular flexibility index (Phi) is 7.12. The van der Waals surface area contributed by atoms with Crippen molar-refractivity contribution in [3.05, 3.63) is 89.7 Å². The summed E-state index contributed by atoms with van der Waals surface area (Å²) < 4.78 is 2.70. The van der Waals surface area contributed by atoms with Gasteiger partial charge in [0.25, 0.3) is 0 Å². The normalized spacial score (nSPS) is 18.9. The first-order valence-electron chi connectivity index (χ1n) is 14.2. The summed E-state index contributed by atoms with van der Waals surface area (Å²) in [7, 11) is 2.22. The van der Waals surface area contributed by atoms with Gasteiger partial charge in [0.2, 0.25) is 0 Å². The molecule has 0 saturated heterocycles. The van der Waals surface area contributed by atoms with Gasteiger partial charge in [0.15, 0.2) is 0 Å². The van der Waals surface area contributed by atoms with Crippen molar-refractivity contribution in [2.45, 2.75) is 64.1 Å². The highest BCUT2D eigenvalue weighted by Crippen LogP contribution is 2.46. The maximum atomic E-state index is 4.29. The molecule has 1 saturated carbocycles. The van der Waals surface area contributed by atoms with Crippen LogP contribution in [-0.4, -0.2) is 46.0 Å². The molecule has 37 heavy (non-hydrogen) atoms. The van der Waals surface area contributed by atoms with Gasteiger partial charge in [-0.25, -0.2) is 0 Å². The molecule has 192 valence electrons. The number of hydrogen-bond acceptors (Lipinski definition) is 3. The molecule has 1 atom stereocenters. The number of pyridine rings is 1. The minimum Gasteiger partial charge on any atom is -0.336 e. The third-order valence-electron chi connectivity index (χ3n) is 8.57. The summed E-state index contributed by atoms with van der Waals surface area (Å²) in [6, 6.07) is 23.0. The second-order valence-electron chi connectivity index (χ2n) is 11.3. The van der Waals surface area contributed by atoms with E-state index in [0.717, 1.165) is 32.7 Å². The van der Waals surface area contributed by atoms with E-state index in [0.29, 0.717) is 12.0 Å². The highest BCUT2D eigenvalue weighted by atomic mass is 15.2.